The average molecular weight is 216 g/mol. The summed E-state index contributed by atoms with van der Waals surface area (Å²) in [5.41, 5.74) is 4.14. The minimum Gasteiger partial charge on any atom is -0.279 e. The lowest BCUT2D eigenvalue weighted by Crippen LogP contribution is -2.01. The molecule has 1 aliphatic carbocycles. The van der Waals surface area contributed by atoms with Crippen molar-refractivity contribution in [3.8, 4) is 0 Å². The predicted octanol–water partition coefficient (Wildman–Crippen LogP) is 4.05. The fourth-order valence-electron chi connectivity index (χ4n) is 2.19. The Labute approximate surface area is 97.8 Å². The Morgan fingerprint density at radius 2 is 1.69 bits per heavy atom. The number of anilines is 1. The Bertz CT molecular complexity index is 311. The van der Waals surface area contributed by atoms with Crippen molar-refractivity contribution in [2.45, 2.75) is 38.5 Å². The lowest BCUT2D eigenvalue weighted by Gasteiger charge is -2.06. The van der Waals surface area contributed by atoms with Gasteiger partial charge in [-0.2, -0.15) is 5.10 Å². The van der Waals surface area contributed by atoms with Gasteiger partial charge in [-0.1, -0.05) is 43.9 Å². The zero-order chi connectivity index (χ0) is 11.1. The molecule has 0 radical (unpaired) electrons. The minimum atomic E-state index is 0.679. The highest BCUT2D eigenvalue weighted by molar-refractivity contribution is 5.62. The van der Waals surface area contributed by atoms with E-state index in [0.717, 1.165) is 5.69 Å². The van der Waals surface area contributed by atoms with Crippen LogP contribution < -0.4 is 5.43 Å². The van der Waals surface area contributed by atoms with Crippen LogP contribution in [0.2, 0.25) is 0 Å². The van der Waals surface area contributed by atoms with E-state index in [1.165, 1.54) is 38.5 Å². The van der Waals surface area contributed by atoms with Crippen LogP contribution in [0.1, 0.15) is 38.5 Å². The molecule has 0 aliphatic heterocycles. The maximum Gasteiger partial charge on any atom is 0.0561 e. The van der Waals surface area contributed by atoms with Crippen molar-refractivity contribution in [2.75, 3.05) is 5.43 Å². The highest BCUT2D eigenvalue weighted by Gasteiger charge is 2.09. The van der Waals surface area contributed by atoms with Gasteiger partial charge in [0.05, 0.1) is 5.69 Å². The van der Waals surface area contributed by atoms with Crippen molar-refractivity contribution in [2.24, 2.45) is 11.0 Å². The van der Waals surface area contributed by atoms with Crippen LogP contribution in [0.5, 0.6) is 0 Å². The van der Waals surface area contributed by atoms with Gasteiger partial charge in [-0.25, -0.2) is 0 Å². The van der Waals surface area contributed by atoms with E-state index in [0.29, 0.717) is 5.92 Å². The maximum atomic E-state index is 4.33. The van der Waals surface area contributed by atoms with E-state index in [4.69, 9.17) is 0 Å². The zero-order valence-corrected chi connectivity index (χ0v) is 9.73. The van der Waals surface area contributed by atoms with Crippen LogP contribution in [0.4, 0.5) is 5.69 Å². The van der Waals surface area contributed by atoms with Crippen LogP contribution >= 0.6 is 0 Å². The Morgan fingerprint density at radius 3 is 2.38 bits per heavy atom. The van der Waals surface area contributed by atoms with Gasteiger partial charge in [0.1, 0.15) is 0 Å². The predicted molar refractivity (Wildman–Crippen MR) is 69.7 cm³/mol. The molecule has 0 unspecified atom stereocenters. The number of nitrogens with one attached hydrogen (secondary N) is 1. The van der Waals surface area contributed by atoms with E-state index < -0.39 is 0 Å². The lowest BCUT2D eigenvalue weighted by atomic mass is 10.0. The summed E-state index contributed by atoms with van der Waals surface area (Å²) >= 11 is 0. The van der Waals surface area contributed by atoms with Crippen LogP contribution in [0.15, 0.2) is 35.4 Å². The second kappa shape index (κ2) is 6.31. The quantitative estimate of drug-likeness (QED) is 0.460. The van der Waals surface area contributed by atoms with E-state index >= 15 is 0 Å². The van der Waals surface area contributed by atoms with Crippen molar-refractivity contribution in [1.82, 2.24) is 0 Å². The smallest absolute Gasteiger partial charge is 0.0561 e. The summed E-state index contributed by atoms with van der Waals surface area (Å²) in [6.07, 6.45) is 10.2. The van der Waals surface area contributed by atoms with Gasteiger partial charge in [0, 0.05) is 6.21 Å². The average Bonchev–Trinajstić information content (AvgIpc) is 2.59. The molecule has 1 aromatic rings. The van der Waals surface area contributed by atoms with Crippen LogP contribution in [-0.2, 0) is 0 Å². The van der Waals surface area contributed by atoms with Crippen LogP contribution in [-0.4, -0.2) is 6.21 Å². The molecule has 2 nitrogen and oxygen atoms in total. The maximum absolute atomic E-state index is 4.33. The minimum absolute atomic E-state index is 0.679. The molecule has 1 aromatic carbocycles. The molecule has 0 bridgehead atoms. The highest BCUT2D eigenvalue weighted by atomic mass is 15.3. The number of hydrogen-bond acceptors (Lipinski definition) is 2. The first kappa shape index (κ1) is 11.2. The van der Waals surface area contributed by atoms with Crippen LogP contribution in [0.3, 0.4) is 0 Å². The third-order valence-electron chi connectivity index (χ3n) is 3.15. The molecule has 1 saturated carbocycles. The normalized spacial score (nSPS) is 18.5. The highest BCUT2D eigenvalue weighted by Crippen LogP contribution is 2.21. The molecule has 2 rings (SSSR count). The summed E-state index contributed by atoms with van der Waals surface area (Å²) in [6.45, 7) is 0. The first-order chi connectivity index (χ1) is 7.95. The first-order valence-corrected chi connectivity index (χ1v) is 6.29. The summed E-state index contributed by atoms with van der Waals surface area (Å²) in [6, 6.07) is 10.1. The van der Waals surface area contributed by atoms with Crippen molar-refractivity contribution < 1.29 is 0 Å². The molecular formula is C14H20N2. The number of hydrogen-bond donors (Lipinski definition) is 1. The summed E-state index contributed by atoms with van der Waals surface area (Å²) in [5.74, 6) is 0.679. The Morgan fingerprint density at radius 1 is 1.00 bits per heavy atom. The Kier molecular flexibility index (Phi) is 4.41. The molecule has 0 spiro atoms. The second-order valence-electron chi connectivity index (χ2n) is 4.51. The summed E-state index contributed by atoms with van der Waals surface area (Å²) in [5, 5.41) is 4.33. The van der Waals surface area contributed by atoms with Crippen molar-refractivity contribution in [3.05, 3.63) is 30.3 Å². The van der Waals surface area contributed by atoms with Crippen LogP contribution in [0.25, 0.3) is 0 Å². The first-order valence-electron chi connectivity index (χ1n) is 6.29. The summed E-state index contributed by atoms with van der Waals surface area (Å²) in [4.78, 5) is 0. The number of nitrogens with zero attached hydrogens (tertiary/aromatic N) is 1. The molecular weight excluding hydrogens is 196 g/mol. The van der Waals surface area contributed by atoms with E-state index in [1.54, 1.807) is 0 Å². The zero-order valence-electron chi connectivity index (χ0n) is 9.73. The van der Waals surface area contributed by atoms with Gasteiger partial charge in [-0.15, -0.1) is 0 Å². The second-order valence-corrected chi connectivity index (χ2v) is 4.51. The topological polar surface area (TPSA) is 24.4 Å². The van der Waals surface area contributed by atoms with E-state index in [9.17, 15) is 0 Å². The number of rotatable bonds is 3. The standard InChI is InChI=1S/C14H20N2/c1-2-5-9-13(8-4-1)12-15-16-14-10-6-3-7-11-14/h3,6-7,10-13,16H,1-2,4-5,8-9H2/b15-12+. The molecule has 16 heavy (non-hydrogen) atoms. The van der Waals surface area contributed by atoms with Gasteiger partial charge < -0.3 is 0 Å². The fourth-order valence-corrected chi connectivity index (χ4v) is 2.19. The van der Waals surface area contributed by atoms with Gasteiger partial charge in [0.2, 0.25) is 0 Å². The van der Waals surface area contributed by atoms with Gasteiger partial charge in [0.15, 0.2) is 0 Å². The molecule has 86 valence electrons. The Hall–Kier alpha value is -1.31. The number of para-hydroxylation sites is 1. The van der Waals surface area contributed by atoms with Crippen molar-refractivity contribution in [1.29, 1.82) is 0 Å². The molecule has 2 heteroatoms. The van der Waals surface area contributed by atoms with E-state index in [2.05, 4.69) is 16.7 Å². The van der Waals surface area contributed by atoms with Crippen molar-refractivity contribution >= 4 is 11.9 Å². The van der Waals surface area contributed by atoms with Gasteiger partial charge >= 0.3 is 0 Å². The molecule has 0 amide bonds. The lowest BCUT2D eigenvalue weighted by molar-refractivity contribution is 0.601. The molecule has 1 N–H and O–H groups in total. The summed E-state index contributed by atoms with van der Waals surface area (Å²) < 4.78 is 0. The number of hydrazone groups is 1. The number of benzene rings is 1. The Balaban J connectivity index is 1.80. The molecule has 1 fully saturated rings. The largest absolute Gasteiger partial charge is 0.279 e. The summed E-state index contributed by atoms with van der Waals surface area (Å²) in [7, 11) is 0. The molecule has 0 heterocycles. The van der Waals surface area contributed by atoms with Crippen molar-refractivity contribution in [3.63, 3.8) is 0 Å². The van der Waals surface area contributed by atoms with Crippen LogP contribution in [0, 0.1) is 5.92 Å². The molecule has 1 aliphatic rings. The SMILES string of the molecule is C(=N\Nc1ccccc1)/C1CCCCCC1. The third-order valence-corrected chi connectivity index (χ3v) is 3.15. The molecule has 0 aromatic heterocycles. The molecule has 0 atom stereocenters. The molecule has 0 saturated heterocycles. The van der Waals surface area contributed by atoms with Gasteiger partial charge in [0.25, 0.3) is 0 Å². The van der Waals surface area contributed by atoms with E-state index in [-0.39, 0.29) is 0 Å². The van der Waals surface area contributed by atoms with E-state index in [1.807, 2.05) is 30.3 Å². The van der Waals surface area contributed by atoms with Gasteiger partial charge in [-0.3, -0.25) is 5.43 Å². The fraction of sp³-hybridized carbons (Fsp3) is 0.500. The monoisotopic (exact) mass is 216 g/mol. The van der Waals surface area contributed by atoms with Gasteiger partial charge in [-0.05, 0) is 30.9 Å². The third kappa shape index (κ3) is 3.69.